The summed E-state index contributed by atoms with van der Waals surface area (Å²) in [6.45, 7) is 0. The zero-order valence-corrected chi connectivity index (χ0v) is 11.7. The first-order valence-corrected chi connectivity index (χ1v) is 7.30. The lowest BCUT2D eigenvalue weighted by Gasteiger charge is -2.22. The summed E-state index contributed by atoms with van der Waals surface area (Å²) in [7, 11) is 0. The molecule has 0 saturated heterocycles. The van der Waals surface area contributed by atoms with Crippen molar-refractivity contribution in [2.45, 2.75) is 38.1 Å². The van der Waals surface area contributed by atoms with E-state index in [0.717, 1.165) is 25.7 Å². The summed E-state index contributed by atoms with van der Waals surface area (Å²) in [5, 5.41) is 4.12. The van der Waals surface area contributed by atoms with Crippen LogP contribution in [0.3, 0.4) is 0 Å². The molecule has 0 spiro atoms. The molecule has 1 saturated carbocycles. The van der Waals surface area contributed by atoms with Crippen LogP contribution in [0, 0.1) is 5.82 Å². The number of aromatic nitrogens is 1. The fourth-order valence-corrected chi connectivity index (χ4v) is 2.96. The van der Waals surface area contributed by atoms with Crippen molar-refractivity contribution in [2.75, 3.05) is 5.73 Å². The van der Waals surface area contributed by atoms with Crippen LogP contribution in [0.1, 0.15) is 42.6 Å². The third kappa shape index (κ3) is 2.82. The molecule has 21 heavy (non-hydrogen) atoms. The lowest BCUT2D eigenvalue weighted by molar-refractivity contribution is 0.0924. The van der Waals surface area contributed by atoms with Gasteiger partial charge in [-0.1, -0.05) is 19.3 Å². The van der Waals surface area contributed by atoms with Gasteiger partial charge in [-0.3, -0.25) is 9.78 Å². The largest absolute Gasteiger partial charge is 0.398 e. The van der Waals surface area contributed by atoms with Gasteiger partial charge in [-0.15, -0.1) is 0 Å². The molecule has 3 N–H and O–H groups in total. The average molecular weight is 287 g/mol. The van der Waals surface area contributed by atoms with Gasteiger partial charge < -0.3 is 11.1 Å². The first-order chi connectivity index (χ1) is 10.1. The van der Waals surface area contributed by atoms with Gasteiger partial charge in [0.15, 0.2) is 0 Å². The molecule has 0 atom stereocenters. The van der Waals surface area contributed by atoms with E-state index in [1.165, 1.54) is 24.8 Å². The van der Waals surface area contributed by atoms with Gasteiger partial charge in [-0.25, -0.2) is 4.39 Å². The normalized spacial score (nSPS) is 16.0. The maximum Gasteiger partial charge on any atom is 0.270 e. The van der Waals surface area contributed by atoms with E-state index in [1.807, 2.05) is 0 Å². The Hall–Kier alpha value is -2.17. The Bertz CT molecular complexity index is 681. The molecule has 1 amide bonds. The highest BCUT2D eigenvalue weighted by Crippen LogP contribution is 2.25. The van der Waals surface area contributed by atoms with E-state index in [4.69, 9.17) is 5.73 Å². The number of nitrogens with two attached hydrogens (primary N) is 1. The van der Waals surface area contributed by atoms with Crippen LogP contribution in [0.5, 0.6) is 0 Å². The van der Waals surface area contributed by atoms with E-state index in [-0.39, 0.29) is 17.6 Å². The van der Waals surface area contributed by atoms with E-state index < -0.39 is 5.82 Å². The quantitative estimate of drug-likeness (QED) is 0.834. The zero-order valence-electron chi connectivity index (χ0n) is 11.7. The smallest absolute Gasteiger partial charge is 0.270 e. The second-order valence-corrected chi connectivity index (χ2v) is 5.56. The molecule has 2 aromatic rings. The minimum atomic E-state index is -0.459. The molecule has 5 heteroatoms. The number of anilines is 1. The second-order valence-electron chi connectivity index (χ2n) is 5.56. The second kappa shape index (κ2) is 5.68. The molecule has 110 valence electrons. The van der Waals surface area contributed by atoms with Gasteiger partial charge in [0.1, 0.15) is 11.5 Å². The number of rotatable bonds is 2. The van der Waals surface area contributed by atoms with Gasteiger partial charge in [-0.05, 0) is 31.0 Å². The number of pyridine rings is 1. The number of nitrogen functional groups attached to an aromatic ring is 1. The highest BCUT2D eigenvalue weighted by Gasteiger charge is 2.19. The summed E-state index contributed by atoms with van der Waals surface area (Å²) in [5.41, 5.74) is 6.37. The SMILES string of the molecule is Nc1cc(F)cc2c(C(=O)NC3CCCCC3)nccc12. The maximum atomic E-state index is 13.6. The number of carbonyl (C=O) groups excluding carboxylic acids is 1. The average Bonchev–Trinajstić information content (AvgIpc) is 2.47. The molecule has 1 aromatic heterocycles. The number of amides is 1. The number of benzene rings is 1. The molecule has 4 nitrogen and oxygen atoms in total. The fraction of sp³-hybridized carbons (Fsp3) is 0.375. The Kier molecular flexibility index (Phi) is 3.73. The monoisotopic (exact) mass is 287 g/mol. The fourth-order valence-electron chi connectivity index (χ4n) is 2.96. The van der Waals surface area contributed by atoms with Crippen molar-refractivity contribution in [3.63, 3.8) is 0 Å². The van der Waals surface area contributed by atoms with Crippen LogP contribution in [-0.2, 0) is 0 Å². The van der Waals surface area contributed by atoms with Crippen LogP contribution in [0.15, 0.2) is 24.4 Å². The Balaban J connectivity index is 1.94. The Morgan fingerprint density at radius 3 is 2.76 bits per heavy atom. The Morgan fingerprint density at radius 1 is 1.24 bits per heavy atom. The molecule has 1 fully saturated rings. The number of carbonyl (C=O) groups is 1. The maximum absolute atomic E-state index is 13.6. The predicted octanol–water partition coefficient (Wildman–Crippen LogP) is 3.02. The molecule has 0 bridgehead atoms. The number of hydrogen-bond acceptors (Lipinski definition) is 3. The van der Waals surface area contributed by atoms with Crippen LogP contribution < -0.4 is 11.1 Å². The molecular weight excluding hydrogens is 269 g/mol. The van der Waals surface area contributed by atoms with Gasteiger partial charge in [0.25, 0.3) is 5.91 Å². The van der Waals surface area contributed by atoms with Crippen molar-refractivity contribution in [2.24, 2.45) is 0 Å². The molecule has 1 heterocycles. The summed E-state index contributed by atoms with van der Waals surface area (Å²) < 4.78 is 13.6. The van der Waals surface area contributed by atoms with Gasteiger partial charge >= 0.3 is 0 Å². The number of fused-ring (bicyclic) bond motifs is 1. The standard InChI is InChI=1S/C16H18FN3O/c17-10-8-13-12(14(18)9-10)6-7-19-15(13)16(21)20-11-4-2-1-3-5-11/h6-9,11H,1-5,18H2,(H,20,21). The Labute approximate surface area is 122 Å². The van der Waals surface area contributed by atoms with Crippen LogP contribution in [-0.4, -0.2) is 16.9 Å². The lowest BCUT2D eigenvalue weighted by atomic mass is 9.95. The highest BCUT2D eigenvalue weighted by molar-refractivity contribution is 6.08. The van der Waals surface area contributed by atoms with Crippen LogP contribution in [0.2, 0.25) is 0 Å². The minimum Gasteiger partial charge on any atom is -0.398 e. The van der Waals surface area contributed by atoms with E-state index in [0.29, 0.717) is 16.5 Å². The third-order valence-electron chi connectivity index (χ3n) is 4.03. The van der Waals surface area contributed by atoms with E-state index >= 15 is 0 Å². The van der Waals surface area contributed by atoms with Crippen LogP contribution >= 0.6 is 0 Å². The minimum absolute atomic E-state index is 0.189. The molecular formula is C16H18FN3O. The summed E-state index contributed by atoms with van der Waals surface area (Å²) in [6.07, 6.45) is 7.01. The zero-order chi connectivity index (χ0) is 14.8. The molecule has 0 unspecified atom stereocenters. The molecule has 0 aliphatic heterocycles. The number of nitrogens with one attached hydrogen (secondary N) is 1. The lowest BCUT2D eigenvalue weighted by Crippen LogP contribution is -2.36. The third-order valence-corrected chi connectivity index (χ3v) is 4.03. The highest BCUT2D eigenvalue weighted by atomic mass is 19.1. The van der Waals surface area contributed by atoms with Crippen molar-refractivity contribution in [3.8, 4) is 0 Å². The number of nitrogens with zero attached hydrogens (tertiary/aromatic N) is 1. The van der Waals surface area contributed by atoms with Crippen molar-refractivity contribution in [3.05, 3.63) is 35.9 Å². The van der Waals surface area contributed by atoms with Crippen molar-refractivity contribution in [1.82, 2.24) is 10.3 Å². The molecule has 0 radical (unpaired) electrons. The van der Waals surface area contributed by atoms with E-state index in [1.54, 1.807) is 6.07 Å². The van der Waals surface area contributed by atoms with Gasteiger partial charge in [0, 0.05) is 28.7 Å². The number of hydrogen-bond donors (Lipinski definition) is 2. The first-order valence-electron chi connectivity index (χ1n) is 7.30. The van der Waals surface area contributed by atoms with Gasteiger partial charge in [-0.2, -0.15) is 0 Å². The molecule has 1 aliphatic carbocycles. The first kappa shape index (κ1) is 13.8. The predicted molar refractivity (Wildman–Crippen MR) is 80.5 cm³/mol. The van der Waals surface area contributed by atoms with Crippen molar-refractivity contribution >= 4 is 22.4 Å². The molecule has 1 aromatic carbocycles. The van der Waals surface area contributed by atoms with Crippen molar-refractivity contribution in [1.29, 1.82) is 0 Å². The number of halogens is 1. The van der Waals surface area contributed by atoms with Crippen LogP contribution in [0.25, 0.3) is 10.8 Å². The summed E-state index contributed by atoms with van der Waals surface area (Å²) in [6, 6.07) is 4.45. The molecule has 3 rings (SSSR count). The van der Waals surface area contributed by atoms with Gasteiger partial charge in [0.05, 0.1) is 0 Å². The van der Waals surface area contributed by atoms with E-state index in [9.17, 15) is 9.18 Å². The van der Waals surface area contributed by atoms with Crippen molar-refractivity contribution < 1.29 is 9.18 Å². The summed E-state index contributed by atoms with van der Waals surface area (Å²) in [5.74, 6) is -0.711. The topological polar surface area (TPSA) is 68.0 Å². The molecule has 1 aliphatic rings. The van der Waals surface area contributed by atoms with E-state index in [2.05, 4.69) is 10.3 Å². The summed E-state index contributed by atoms with van der Waals surface area (Å²) in [4.78, 5) is 16.5. The van der Waals surface area contributed by atoms with Gasteiger partial charge in [0.2, 0.25) is 0 Å². The van der Waals surface area contributed by atoms with Crippen LogP contribution in [0.4, 0.5) is 10.1 Å². The Morgan fingerprint density at radius 2 is 2.00 bits per heavy atom. The summed E-state index contributed by atoms with van der Waals surface area (Å²) >= 11 is 0.